The lowest BCUT2D eigenvalue weighted by Crippen LogP contribution is -2.45. The summed E-state index contributed by atoms with van der Waals surface area (Å²) in [6.07, 6.45) is 2.66. The highest BCUT2D eigenvalue weighted by Crippen LogP contribution is 2.25. The zero-order valence-electron chi connectivity index (χ0n) is 15.8. The molecule has 0 fully saturated rings. The first kappa shape index (κ1) is 21.1. The number of sulfonamides is 1. The topological polar surface area (TPSA) is 85.3 Å². The molecule has 2 aromatic carbocycles. The van der Waals surface area contributed by atoms with Crippen LogP contribution in [0.25, 0.3) is 0 Å². The maximum Gasteiger partial charge on any atom is 0.331 e. The molecule has 1 heterocycles. The van der Waals surface area contributed by atoms with Crippen LogP contribution in [0.4, 0.5) is 0 Å². The molecule has 1 aliphatic rings. The smallest absolute Gasteiger partial charge is 0.331 e. The largest absolute Gasteiger partial charge is 0.467 e. The van der Waals surface area contributed by atoms with Gasteiger partial charge in [-0.15, -0.1) is 0 Å². The van der Waals surface area contributed by atoms with Crippen molar-refractivity contribution in [3.63, 3.8) is 0 Å². The maximum absolute atomic E-state index is 12.7. The minimum Gasteiger partial charge on any atom is -0.467 e. The number of methoxy groups -OCH3 is 1. The third kappa shape index (κ3) is 5.48. The fourth-order valence-electron chi connectivity index (χ4n) is 2.90. The van der Waals surface area contributed by atoms with Crippen LogP contribution in [0, 0.1) is 0 Å². The van der Waals surface area contributed by atoms with Gasteiger partial charge in [0.15, 0.2) is 6.04 Å². The van der Waals surface area contributed by atoms with E-state index in [1.807, 2.05) is 0 Å². The van der Waals surface area contributed by atoms with Gasteiger partial charge in [-0.2, -0.15) is 9.52 Å². The van der Waals surface area contributed by atoms with E-state index in [0.29, 0.717) is 29.4 Å². The molecule has 3 rings (SSSR count). The molecule has 0 N–H and O–H groups in total. The van der Waals surface area contributed by atoms with Crippen molar-refractivity contribution in [3.8, 4) is 11.5 Å². The Morgan fingerprint density at radius 1 is 1.21 bits per heavy atom. The average Bonchev–Trinajstić information content (AvgIpc) is 2.73. The van der Waals surface area contributed by atoms with Gasteiger partial charge in [-0.05, 0) is 55.2 Å². The Bertz CT molecular complexity index is 992. The number of hydrogen-bond acceptors (Lipinski definition) is 6. The van der Waals surface area contributed by atoms with Gasteiger partial charge in [0.05, 0.1) is 12.9 Å². The molecule has 1 atom stereocenters. The van der Waals surface area contributed by atoms with Crippen LogP contribution in [0.3, 0.4) is 0 Å². The van der Waals surface area contributed by atoms with Gasteiger partial charge in [0.2, 0.25) is 0 Å². The van der Waals surface area contributed by atoms with Crippen LogP contribution < -0.4 is 4.74 Å². The van der Waals surface area contributed by atoms with Crippen LogP contribution in [0.2, 0.25) is 5.02 Å². The van der Waals surface area contributed by atoms with Crippen molar-refractivity contribution in [3.05, 3.63) is 59.1 Å². The molecular weight excluding hydrogens is 416 g/mol. The molecule has 1 unspecified atom stereocenters. The number of rotatable bonds is 7. The Morgan fingerprint density at radius 2 is 1.97 bits per heavy atom. The fourth-order valence-corrected chi connectivity index (χ4v) is 4.55. The van der Waals surface area contributed by atoms with E-state index in [-0.39, 0.29) is 12.2 Å². The second kappa shape index (κ2) is 9.28. The summed E-state index contributed by atoms with van der Waals surface area (Å²) in [5, 5.41) is 4.50. The van der Waals surface area contributed by atoms with Crippen molar-refractivity contribution in [1.29, 1.82) is 0 Å². The summed E-state index contributed by atoms with van der Waals surface area (Å²) in [6, 6.07) is 13.3. The van der Waals surface area contributed by atoms with E-state index in [4.69, 9.17) is 21.1 Å². The van der Waals surface area contributed by atoms with Gasteiger partial charge in [0.25, 0.3) is 10.0 Å². The number of hydrazone groups is 1. The van der Waals surface area contributed by atoms with Gasteiger partial charge in [-0.3, -0.25) is 0 Å². The highest BCUT2D eigenvalue weighted by Gasteiger charge is 2.35. The predicted molar refractivity (Wildman–Crippen MR) is 111 cm³/mol. The molecule has 0 bridgehead atoms. The van der Waals surface area contributed by atoms with Crippen LogP contribution in [-0.2, 0) is 26.0 Å². The number of carbonyl (C=O) groups is 1. The van der Waals surface area contributed by atoms with Crippen molar-refractivity contribution in [2.75, 3.05) is 12.9 Å². The highest BCUT2D eigenvalue weighted by atomic mass is 35.5. The van der Waals surface area contributed by atoms with Crippen molar-refractivity contribution < 1.29 is 22.7 Å². The molecule has 0 aromatic heterocycles. The molecule has 0 saturated carbocycles. The van der Waals surface area contributed by atoms with E-state index < -0.39 is 22.0 Å². The molecule has 0 radical (unpaired) electrons. The van der Waals surface area contributed by atoms with Gasteiger partial charge in [0.1, 0.15) is 11.5 Å². The molecule has 9 heteroatoms. The van der Waals surface area contributed by atoms with Crippen LogP contribution in [-0.4, -0.2) is 43.9 Å². The van der Waals surface area contributed by atoms with Gasteiger partial charge in [-0.1, -0.05) is 29.8 Å². The summed E-state index contributed by atoms with van der Waals surface area (Å²) in [5.41, 5.74) is 0.822. The van der Waals surface area contributed by atoms with Crippen LogP contribution in [0.15, 0.2) is 53.6 Å². The Labute approximate surface area is 174 Å². The van der Waals surface area contributed by atoms with Gasteiger partial charge in [0, 0.05) is 11.2 Å². The molecule has 29 heavy (non-hydrogen) atoms. The van der Waals surface area contributed by atoms with Crippen LogP contribution >= 0.6 is 11.6 Å². The second-order valence-electron chi connectivity index (χ2n) is 6.46. The molecule has 2 aromatic rings. The summed E-state index contributed by atoms with van der Waals surface area (Å²) in [7, 11) is -2.53. The minimum absolute atomic E-state index is 0.174. The normalized spacial score (nSPS) is 16.5. The summed E-state index contributed by atoms with van der Waals surface area (Å²) in [6.45, 7) is 0. The molecule has 1 aliphatic heterocycles. The molecule has 154 valence electrons. The Morgan fingerprint density at radius 3 is 2.66 bits per heavy atom. The van der Waals surface area contributed by atoms with E-state index in [2.05, 4.69) is 5.10 Å². The first-order valence-electron chi connectivity index (χ1n) is 9.04. The fraction of sp³-hybridized carbons (Fsp3) is 0.300. The number of carbonyl (C=O) groups excluding carboxylic acids is 1. The lowest BCUT2D eigenvalue weighted by atomic mass is 10.1. The Hall–Kier alpha value is -2.58. The number of aryl methyl sites for hydroxylation is 1. The van der Waals surface area contributed by atoms with Gasteiger partial charge >= 0.3 is 5.97 Å². The van der Waals surface area contributed by atoms with E-state index in [0.717, 1.165) is 9.98 Å². The monoisotopic (exact) mass is 436 g/mol. The number of esters is 1. The van der Waals surface area contributed by atoms with Crippen molar-refractivity contribution in [1.82, 2.24) is 4.41 Å². The summed E-state index contributed by atoms with van der Waals surface area (Å²) in [5.74, 6) is 0.453. The SMILES string of the molecule is COC(=O)C1CCC=NN1S(=O)(=O)CCc1ccc(Oc2cccc(Cl)c2)cc1. The van der Waals surface area contributed by atoms with Gasteiger partial charge < -0.3 is 9.47 Å². The third-order valence-corrected chi connectivity index (χ3v) is 6.27. The van der Waals surface area contributed by atoms with Crippen LogP contribution in [0.1, 0.15) is 18.4 Å². The van der Waals surface area contributed by atoms with Gasteiger partial charge in [-0.25, -0.2) is 13.2 Å². The second-order valence-corrected chi connectivity index (χ2v) is 8.84. The quantitative estimate of drug-likeness (QED) is 0.619. The maximum atomic E-state index is 12.7. The number of halogens is 1. The standard InChI is InChI=1S/C20H21ClN2O5S/c1-27-20(24)19-6-3-12-22-23(19)29(25,26)13-11-15-7-9-17(10-8-15)28-18-5-2-4-16(21)14-18/h2,4-5,7-10,12,14,19H,3,6,11,13H2,1H3. The molecule has 0 spiro atoms. The zero-order valence-corrected chi connectivity index (χ0v) is 17.4. The minimum atomic E-state index is -3.76. The number of benzene rings is 2. The zero-order chi connectivity index (χ0) is 20.9. The third-order valence-electron chi connectivity index (χ3n) is 4.39. The molecular formula is C20H21ClN2O5S. The lowest BCUT2D eigenvalue weighted by Gasteiger charge is -2.28. The van der Waals surface area contributed by atoms with Crippen LogP contribution in [0.5, 0.6) is 11.5 Å². The molecule has 7 nitrogen and oxygen atoms in total. The summed E-state index contributed by atoms with van der Waals surface area (Å²) in [4.78, 5) is 11.9. The van der Waals surface area contributed by atoms with Crippen molar-refractivity contribution in [2.24, 2.45) is 5.10 Å². The lowest BCUT2D eigenvalue weighted by molar-refractivity contribution is -0.145. The highest BCUT2D eigenvalue weighted by molar-refractivity contribution is 7.89. The first-order valence-corrected chi connectivity index (χ1v) is 11.0. The number of ether oxygens (including phenoxy) is 2. The number of nitrogens with zero attached hydrogens (tertiary/aromatic N) is 2. The first-order chi connectivity index (χ1) is 13.9. The van der Waals surface area contributed by atoms with Crippen molar-refractivity contribution in [2.45, 2.75) is 25.3 Å². The number of hydrogen-bond donors (Lipinski definition) is 0. The van der Waals surface area contributed by atoms with E-state index in [9.17, 15) is 13.2 Å². The Kier molecular flexibility index (Phi) is 6.76. The summed E-state index contributed by atoms with van der Waals surface area (Å²) < 4.78 is 36.7. The van der Waals surface area contributed by atoms with E-state index in [1.165, 1.54) is 13.3 Å². The average molecular weight is 437 g/mol. The van der Waals surface area contributed by atoms with Crippen molar-refractivity contribution >= 4 is 33.8 Å². The Balaban J connectivity index is 1.63. The van der Waals surface area contributed by atoms with E-state index in [1.54, 1.807) is 48.5 Å². The molecule has 0 aliphatic carbocycles. The van der Waals surface area contributed by atoms with E-state index >= 15 is 0 Å². The molecule has 0 saturated heterocycles. The summed E-state index contributed by atoms with van der Waals surface area (Å²) >= 11 is 5.94. The molecule has 0 amide bonds. The predicted octanol–water partition coefficient (Wildman–Crippen LogP) is 3.63.